The van der Waals surface area contributed by atoms with Crippen LogP contribution in [0.4, 0.5) is 0 Å². The van der Waals surface area contributed by atoms with Crippen molar-refractivity contribution in [2.24, 2.45) is 10.2 Å². The summed E-state index contributed by atoms with van der Waals surface area (Å²) in [7, 11) is 0. The van der Waals surface area contributed by atoms with Gasteiger partial charge in [-0.25, -0.2) is 0 Å². The molecule has 0 saturated heterocycles. The third-order valence-electron chi connectivity index (χ3n) is 1.11. The Hall–Kier alpha value is -0.920. The standard InChI is InChI=1S/C8H14N2/c1-4-6-7-8(5-2)10-9-3/h6-7H,3-5H2,1-2H3/b7-6-,10-8+. The Morgan fingerprint density at radius 1 is 1.50 bits per heavy atom. The van der Waals surface area contributed by atoms with Gasteiger partial charge in [0.1, 0.15) is 0 Å². The van der Waals surface area contributed by atoms with Crippen LogP contribution in [0.3, 0.4) is 0 Å². The average molecular weight is 138 g/mol. The molecule has 10 heavy (non-hydrogen) atoms. The molecule has 0 unspecified atom stereocenters. The Morgan fingerprint density at radius 2 is 2.20 bits per heavy atom. The SMILES string of the molecule is C=N/N=C(/C=C\CC)CC. The lowest BCUT2D eigenvalue weighted by molar-refractivity contribution is 1.18. The van der Waals surface area contributed by atoms with Crippen LogP contribution < -0.4 is 0 Å². The van der Waals surface area contributed by atoms with Crippen molar-refractivity contribution in [2.45, 2.75) is 26.7 Å². The highest BCUT2D eigenvalue weighted by Crippen LogP contribution is 1.90. The van der Waals surface area contributed by atoms with Gasteiger partial charge in [-0.1, -0.05) is 19.9 Å². The molecule has 0 aromatic carbocycles. The average Bonchev–Trinajstić information content (AvgIpc) is 1.98. The summed E-state index contributed by atoms with van der Waals surface area (Å²) in [6.07, 6.45) is 5.99. The molecule has 0 amide bonds. The Labute approximate surface area is 62.4 Å². The van der Waals surface area contributed by atoms with E-state index in [1.165, 1.54) is 0 Å². The Kier molecular flexibility index (Phi) is 5.63. The molecular weight excluding hydrogens is 124 g/mol. The van der Waals surface area contributed by atoms with Gasteiger partial charge in [0.25, 0.3) is 0 Å². The molecule has 0 saturated carbocycles. The molecule has 0 spiro atoms. The number of rotatable bonds is 4. The first-order valence-electron chi connectivity index (χ1n) is 3.54. The summed E-state index contributed by atoms with van der Waals surface area (Å²) in [4.78, 5) is 0. The maximum absolute atomic E-state index is 3.82. The van der Waals surface area contributed by atoms with E-state index in [0.717, 1.165) is 18.6 Å². The highest BCUT2D eigenvalue weighted by molar-refractivity contribution is 5.94. The fraction of sp³-hybridized carbons (Fsp3) is 0.500. The molecule has 2 heteroatoms. The first-order chi connectivity index (χ1) is 4.85. The number of nitrogens with zero attached hydrogens (tertiary/aromatic N) is 2. The molecule has 0 aliphatic carbocycles. The van der Waals surface area contributed by atoms with E-state index in [1.54, 1.807) is 0 Å². The molecule has 0 aliphatic heterocycles. The highest BCUT2D eigenvalue weighted by Gasteiger charge is 1.85. The predicted octanol–water partition coefficient (Wildman–Crippen LogP) is 2.42. The van der Waals surface area contributed by atoms with Gasteiger partial charge in [0, 0.05) is 6.72 Å². The first kappa shape index (κ1) is 9.08. The number of hydrogen-bond donors (Lipinski definition) is 0. The van der Waals surface area contributed by atoms with Gasteiger partial charge >= 0.3 is 0 Å². The van der Waals surface area contributed by atoms with Crippen molar-refractivity contribution in [3.8, 4) is 0 Å². The number of hydrogen-bond acceptors (Lipinski definition) is 2. The van der Waals surface area contributed by atoms with Crippen LogP contribution in [-0.4, -0.2) is 12.4 Å². The van der Waals surface area contributed by atoms with Crippen molar-refractivity contribution >= 4 is 12.4 Å². The van der Waals surface area contributed by atoms with Crippen molar-refractivity contribution in [3.63, 3.8) is 0 Å². The summed E-state index contributed by atoms with van der Waals surface area (Å²) >= 11 is 0. The lowest BCUT2D eigenvalue weighted by Gasteiger charge is -1.89. The first-order valence-corrected chi connectivity index (χ1v) is 3.54. The van der Waals surface area contributed by atoms with Gasteiger partial charge in [0.15, 0.2) is 0 Å². The van der Waals surface area contributed by atoms with Crippen molar-refractivity contribution in [1.29, 1.82) is 0 Å². The maximum Gasteiger partial charge on any atom is 0.0624 e. The van der Waals surface area contributed by atoms with Gasteiger partial charge in [-0.3, -0.25) is 0 Å². The van der Waals surface area contributed by atoms with E-state index < -0.39 is 0 Å². The van der Waals surface area contributed by atoms with Crippen LogP contribution >= 0.6 is 0 Å². The lowest BCUT2D eigenvalue weighted by Crippen LogP contribution is -1.87. The Balaban J connectivity index is 3.94. The summed E-state index contributed by atoms with van der Waals surface area (Å²) in [5.41, 5.74) is 0.983. The quantitative estimate of drug-likeness (QED) is 0.421. The van der Waals surface area contributed by atoms with Gasteiger partial charge in [0.05, 0.1) is 5.71 Å². The van der Waals surface area contributed by atoms with Crippen molar-refractivity contribution in [1.82, 2.24) is 0 Å². The second-order valence-electron chi connectivity index (χ2n) is 1.90. The Morgan fingerprint density at radius 3 is 2.60 bits per heavy atom. The van der Waals surface area contributed by atoms with Crippen molar-refractivity contribution < 1.29 is 0 Å². The zero-order chi connectivity index (χ0) is 7.82. The summed E-state index contributed by atoms with van der Waals surface area (Å²) in [5.74, 6) is 0. The molecule has 0 aromatic rings. The molecular formula is C8H14N2. The molecule has 0 radical (unpaired) electrons. The van der Waals surface area contributed by atoms with E-state index >= 15 is 0 Å². The van der Waals surface area contributed by atoms with Gasteiger partial charge in [-0.2, -0.15) is 10.2 Å². The van der Waals surface area contributed by atoms with Gasteiger partial charge < -0.3 is 0 Å². The molecule has 0 N–H and O–H groups in total. The molecule has 56 valence electrons. The van der Waals surface area contributed by atoms with Crippen LogP contribution in [-0.2, 0) is 0 Å². The molecule has 0 aromatic heterocycles. The zero-order valence-corrected chi connectivity index (χ0v) is 6.67. The minimum atomic E-state index is 0.912. The maximum atomic E-state index is 3.82. The topological polar surface area (TPSA) is 24.7 Å². The predicted molar refractivity (Wildman–Crippen MR) is 46.7 cm³/mol. The molecule has 0 aliphatic rings. The smallest absolute Gasteiger partial charge is 0.0624 e. The van der Waals surface area contributed by atoms with Crippen LogP contribution in [0.2, 0.25) is 0 Å². The summed E-state index contributed by atoms with van der Waals surface area (Å²) in [5, 5.41) is 7.27. The van der Waals surface area contributed by atoms with E-state index in [-0.39, 0.29) is 0 Å². The summed E-state index contributed by atoms with van der Waals surface area (Å²) < 4.78 is 0. The summed E-state index contributed by atoms with van der Waals surface area (Å²) in [6.45, 7) is 7.42. The van der Waals surface area contributed by atoms with Crippen LogP contribution in [0.1, 0.15) is 26.7 Å². The second kappa shape index (κ2) is 6.20. The van der Waals surface area contributed by atoms with Crippen molar-refractivity contribution in [3.05, 3.63) is 12.2 Å². The largest absolute Gasteiger partial charge is 0.167 e. The molecule has 0 bridgehead atoms. The molecule has 0 atom stereocenters. The van der Waals surface area contributed by atoms with Gasteiger partial charge in [-0.05, 0) is 18.9 Å². The lowest BCUT2D eigenvalue weighted by atomic mass is 10.2. The molecule has 0 heterocycles. The molecule has 0 fully saturated rings. The molecule has 0 rings (SSSR count). The van der Waals surface area contributed by atoms with E-state index in [0.29, 0.717) is 0 Å². The van der Waals surface area contributed by atoms with E-state index in [4.69, 9.17) is 0 Å². The van der Waals surface area contributed by atoms with Gasteiger partial charge in [0.2, 0.25) is 0 Å². The molecule has 2 nitrogen and oxygen atoms in total. The zero-order valence-electron chi connectivity index (χ0n) is 6.67. The third kappa shape index (κ3) is 4.01. The van der Waals surface area contributed by atoms with Crippen molar-refractivity contribution in [2.75, 3.05) is 0 Å². The normalized spacial score (nSPS) is 12.4. The fourth-order valence-electron chi connectivity index (χ4n) is 0.567. The Bertz CT molecular complexity index is 145. The minimum absolute atomic E-state index is 0.912. The van der Waals surface area contributed by atoms with Crippen LogP contribution in [0, 0.1) is 0 Å². The van der Waals surface area contributed by atoms with Crippen LogP contribution in [0.5, 0.6) is 0 Å². The highest BCUT2D eigenvalue weighted by atomic mass is 15.2. The third-order valence-corrected chi connectivity index (χ3v) is 1.11. The second-order valence-corrected chi connectivity index (χ2v) is 1.90. The van der Waals surface area contributed by atoms with Crippen LogP contribution in [0.25, 0.3) is 0 Å². The fourth-order valence-corrected chi connectivity index (χ4v) is 0.567. The van der Waals surface area contributed by atoms with Crippen LogP contribution in [0.15, 0.2) is 22.4 Å². The van der Waals surface area contributed by atoms with E-state index in [9.17, 15) is 0 Å². The van der Waals surface area contributed by atoms with Gasteiger partial charge in [-0.15, -0.1) is 0 Å². The summed E-state index contributed by atoms with van der Waals surface area (Å²) in [6, 6.07) is 0. The number of allylic oxidation sites excluding steroid dienone is 2. The van der Waals surface area contributed by atoms with E-state index in [1.807, 2.05) is 13.0 Å². The minimum Gasteiger partial charge on any atom is -0.167 e. The monoisotopic (exact) mass is 138 g/mol. The van der Waals surface area contributed by atoms with E-state index in [2.05, 4.69) is 29.9 Å².